The molecule has 0 N–H and O–H groups in total. The number of benzene rings is 2. The van der Waals surface area contributed by atoms with Crippen molar-refractivity contribution in [1.82, 2.24) is 0 Å². The Balaban J connectivity index is 2.18. The summed E-state index contributed by atoms with van der Waals surface area (Å²) in [5.41, 5.74) is 2.29. The first-order valence-corrected chi connectivity index (χ1v) is 8.21. The standard InChI is InChI=1S/C17H17ClO2S/c1-2-20-16(19)12-21-17(13-6-4-3-5-7-13)14-8-10-15(18)11-9-14/h3-11,17H,2,12H2,1H3. The molecule has 0 aliphatic heterocycles. The molecule has 0 aromatic heterocycles. The number of hydrogen-bond donors (Lipinski definition) is 0. The van der Waals surface area contributed by atoms with E-state index in [0.717, 1.165) is 11.1 Å². The Morgan fingerprint density at radius 1 is 1.10 bits per heavy atom. The van der Waals surface area contributed by atoms with Crippen molar-refractivity contribution in [3.05, 3.63) is 70.7 Å². The Morgan fingerprint density at radius 2 is 1.71 bits per heavy atom. The molecule has 110 valence electrons. The number of halogens is 1. The third kappa shape index (κ3) is 4.80. The molecule has 0 amide bonds. The van der Waals surface area contributed by atoms with E-state index >= 15 is 0 Å². The summed E-state index contributed by atoms with van der Waals surface area (Å²) in [4.78, 5) is 11.6. The number of ether oxygens (including phenoxy) is 1. The van der Waals surface area contributed by atoms with Crippen LogP contribution in [-0.2, 0) is 9.53 Å². The van der Waals surface area contributed by atoms with E-state index in [1.54, 1.807) is 11.8 Å². The highest BCUT2D eigenvalue weighted by atomic mass is 35.5. The molecule has 2 nitrogen and oxygen atoms in total. The lowest BCUT2D eigenvalue weighted by Gasteiger charge is -2.17. The molecule has 21 heavy (non-hydrogen) atoms. The summed E-state index contributed by atoms with van der Waals surface area (Å²) in [5.74, 6) is 0.146. The number of hydrogen-bond acceptors (Lipinski definition) is 3. The molecule has 0 saturated carbocycles. The van der Waals surface area contributed by atoms with Gasteiger partial charge in [0.2, 0.25) is 0 Å². The third-order valence-corrected chi connectivity index (χ3v) is 4.48. The maximum atomic E-state index is 11.6. The number of esters is 1. The van der Waals surface area contributed by atoms with Gasteiger partial charge >= 0.3 is 5.97 Å². The highest BCUT2D eigenvalue weighted by Gasteiger charge is 2.16. The molecular formula is C17H17ClO2S. The third-order valence-electron chi connectivity index (χ3n) is 2.95. The van der Waals surface area contributed by atoms with Gasteiger partial charge in [0.15, 0.2) is 0 Å². The van der Waals surface area contributed by atoms with Gasteiger partial charge in [0.1, 0.15) is 0 Å². The predicted molar refractivity (Wildman–Crippen MR) is 88.8 cm³/mol. The van der Waals surface area contributed by atoms with Gasteiger partial charge in [0, 0.05) is 5.02 Å². The van der Waals surface area contributed by atoms with Crippen LogP contribution in [0.15, 0.2) is 54.6 Å². The van der Waals surface area contributed by atoms with Gasteiger partial charge in [-0.05, 0) is 30.2 Å². The average Bonchev–Trinajstić information content (AvgIpc) is 2.50. The molecule has 2 aromatic rings. The van der Waals surface area contributed by atoms with E-state index in [0.29, 0.717) is 17.4 Å². The molecule has 0 fully saturated rings. The van der Waals surface area contributed by atoms with Crippen LogP contribution in [0.25, 0.3) is 0 Å². The fourth-order valence-electron chi connectivity index (χ4n) is 2.00. The number of thioether (sulfide) groups is 1. The van der Waals surface area contributed by atoms with Crippen LogP contribution < -0.4 is 0 Å². The van der Waals surface area contributed by atoms with Crippen LogP contribution >= 0.6 is 23.4 Å². The first-order chi connectivity index (χ1) is 10.2. The van der Waals surface area contributed by atoms with Gasteiger partial charge in [-0.3, -0.25) is 4.79 Å². The van der Waals surface area contributed by atoms with Crippen LogP contribution in [0, 0.1) is 0 Å². The molecule has 0 spiro atoms. The van der Waals surface area contributed by atoms with Crippen LogP contribution in [0.3, 0.4) is 0 Å². The fraction of sp³-hybridized carbons (Fsp3) is 0.235. The summed E-state index contributed by atoms with van der Waals surface area (Å²) >= 11 is 7.51. The van der Waals surface area contributed by atoms with E-state index in [1.807, 2.05) is 49.4 Å². The van der Waals surface area contributed by atoms with E-state index in [1.165, 1.54) is 0 Å². The van der Waals surface area contributed by atoms with Crippen molar-refractivity contribution >= 4 is 29.3 Å². The molecule has 4 heteroatoms. The maximum absolute atomic E-state index is 11.6. The zero-order chi connectivity index (χ0) is 15.1. The molecule has 0 aliphatic carbocycles. The van der Waals surface area contributed by atoms with Crippen molar-refractivity contribution in [2.75, 3.05) is 12.4 Å². The van der Waals surface area contributed by atoms with E-state index < -0.39 is 0 Å². The van der Waals surface area contributed by atoms with Gasteiger partial charge in [0.25, 0.3) is 0 Å². The quantitative estimate of drug-likeness (QED) is 0.720. The Bertz CT molecular complexity index is 569. The number of carbonyl (C=O) groups excluding carboxylic acids is 1. The van der Waals surface area contributed by atoms with Crippen LogP contribution in [0.4, 0.5) is 0 Å². The highest BCUT2D eigenvalue weighted by Crippen LogP contribution is 2.36. The minimum atomic E-state index is -0.183. The molecular weight excluding hydrogens is 304 g/mol. The van der Waals surface area contributed by atoms with Crippen molar-refractivity contribution in [3.63, 3.8) is 0 Å². The maximum Gasteiger partial charge on any atom is 0.315 e. The summed E-state index contributed by atoms with van der Waals surface area (Å²) in [5, 5.41) is 0.800. The fourth-order valence-corrected chi connectivity index (χ4v) is 3.22. The molecule has 1 unspecified atom stereocenters. The average molecular weight is 321 g/mol. The summed E-state index contributed by atoms with van der Waals surface area (Å²) in [6, 6.07) is 17.9. The van der Waals surface area contributed by atoms with Crippen LogP contribution in [0.1, 0.15) is 23.3 Å². The van der Waals surface area contributed by atoms with Gasteiger partial charge in [-0.15, -0.1) is 11.8 Å². The second-order valence-electron chi connectivity index (χ2n) is 4.46. The lowest BCUT2D eigenvalue weighted by Crippen LogP contribution is -2.09. The molecule has 1 atom stereocenters. The van der Waals surface area contributed by atoms with Crippen molar-refractivity contribution in [1.29, 1.82) is 0 Å². The SMILES string of the molecule is CCOC(=O)CSC(c1ccccc1)c1ccc(Cl)cc1. The van der Waals surface area contributed by atoms with Crippen LogP contribution in [-0.4, -0.2) is 18.3 Å². The van der Waals surface area contributed by atoms with Gasteiger partial charge in [0.05, 0.1) is 17.6 Å². The Hall–Kier alpha value is -1.45. The van der Waals surface area contributed by atoms with E-state index in [9.17, 15) is 4.79 Å². The smallest absolute Gasteiger partial charge is 0.315 e. The minimum Gasteiger partial charge on any atom is -0.465 e. The first-order valence-electron chi connectivity index (χ1n) is 6.78. The van der Waals surface area contributed by atoms with E-state index in [2.05, 4.69) is 12.1 Å². The molecule has 0 bridgehead atoms. The Morgan fingerprint density at radius 3 is 2.33 bits per heavy atom. The lowest BCUT2D eigenvalue weighted by molar-refractivity contribution is -0.139. The normalized spacial score (nSPS) is 11.9. The van der Waals surface area contributed by atoms with Crippen molar-refractivity contribution in [2.24, 2.45) is 0 Å². The second-order valence-corrected chi connectivity index (χ2v) is 5.99. The highest BCUT2D eigenvalue weighted by molar-refractivity contribution is 8.00. The van der Waals surface area contributed by atoms with Crippen LogP contribution in [0.2, 0.25) is 5.02 Å². The molecule has 0 heterocycles. The Labute approximate surface area is 134 Å². The lowest BCUT2D eigenvalue weighted by atomic mass is 10.0. The van der Waals surface area contributed by atoms with Gasteiger partial charge in [-0.2, -0.15) is 0 Å². The molecule has 0 saturated heterocycles. The summed E-state index contributed by atoms with van der Waals surface area (Å²) in [6.45, 7) is 2.23. The number of carbonyl (C=O) groups is 1. The molecule has 0 aliphatic rings. The molecule has 2 rings (SSSR count). The van der Waals surface area contributed by atoms with Gasteiger partial charge in [-0.1, -0.05) is 54.1 Å². The van der Waals surface area contributed by atoms with E-state index in [-0.39, 0.29) is 11.2 Å². The zero-order valence-corrected chi connectivity index (χ0v) is 13.4. The van der Waals surface area contributed by atoms with E-state index in [4.69, 9.17) is 16.3 Å². The number of rotatable bonds is 6. The second kappa shape index (κ2) is 8.11. The van der Waals surface area contributed by atoms with Crippen molar-refractivity contribution in [2.45, 2.75) is 12.2 Å². The summed E-state index contributed by atoms with van der Waals surface area (Å²) < 4.78 is 5.00. The predicted octanol–water partition coefficient (Wildman–Crippen LogP) is 4.73. The largest absolute Gasteiger partial charge is 0.465 e. The monoisotopic (exact) mass is 320 g/mol. The van der Waals surface area contributed by atoms with Gasteiger partial charge in [-0.25, -0.2) is 0 Å². The molecule has 0 radical (unpaired) electrons. The van der Waals surface area contributed by atoms with Crippen molar-refractivity contribution in [3.8, 4) is 0 Å². The zero-order valence-electron chi connectivity index (χ0n) is 11.8. The summed E-state index contributed by atoms with van der Waals surface area (Å²) in [6.07, 6.45) is 0. The van der Waals surface area contributed by atoms with Crippen molar-refractivity contribution < 1.29 is 9.53 Å². The molecule has 2 aromatic carbocycles. The van der Waals surface area contributed by atoms with Crippen LogP contribution in [0.5, 0.6) is 0 Å². The first kappa shape index (κ1) is 15.9. The van der Waals surface area contributed by atoms with Gasteiger partial charge < -0.3 is 4.74 Å². The minimum absolute atomic E-state index is 0.0906. The topological polar surface area (TPSA) is 26.3 Å². The summed E-state index contributed by atoms with van der Waals surface area (Å²) in [7, 11) is 0. The Kier molecular flexibility index (Phi) is 6.15.